The van der Waals surface area contributed by atoms with Crippen LogP contribution in [0, 0.1) is 0 Å². The third kappa shape index (κ3) is 4.34. The number of fused-ring (bicyclic) bond motifs is 2. The smallest absolute Gasteiger partial charge is 0.418 e. The molecule has 0 amide bonds. The quantitative estimate of drug-likeness (QED) is 0.427. The van der Waals surface area contributed by atoms with Crippen molar-refractivity contribution in [3.8, 4) is 11.3 Å². The fraction of sp³-hybridized carbons (Fsp3) is 0.269. The van der Waals surface area contributed by atoms with Crippen LogP contribution >= 0.6 is 11.3 Å². The zero-order valence-corrected chi connectivity index (χ0v) is 20.1. The molecule has 7 nitrogen and oxygen atoms in total. The monoisotopic (exact) mass is 474 g/mol. The molecule has 1 aliphatic rings. The van der Waals surface area contributed by atoms with E-state index in [2.05, 4.69) is 11.2 Å². The Kier molecular flexibility index (Phi) is 5.71. The van der Waals surface area contributed by atoms with E-state index in [1.54, 1.807) is 23.5 Å². The second-order valence-corrected chi connectivity index (χ2v) is 10.1. The van der Waals surface area contributed by atoms with Gasteiger partial charge in [-0.05, 0) is 45.0 Å². The van der Waals surface area contributed by atoms with E-state index in [0.717, 1.165) is 32.6 Å². The standard InChI is InChI=1S/C26H26N4O3S/c1-26(2,3)33-25(32)29-13-6-9-21(29)19-16-34-22-15-27-30(24(31)23(19)22)14-12-18-11-10-17-7-4-5-8-20(17)28-18/h4-11,13,15-16,24,31H,12,14H2,1-3H3. The summed E-state index contributed by atoms with van der Waals surface area (Å²) in [7, 11) is 0. The fourth-order valence-corrected chi connectivity index (χ4v) is 4.96. The summed E-state index contributed by atoms with van der Waals surface area (Å²) < 4.78 is 7.03. The number of benzene rings is 1. The summed E-state index contributed by atoms with van der Waals surface area (Å²) in [4.78, 5) is 18.3. The van der Waals surface area contributed by atoms with E-state index >= 15 is 0 Å². The van der Waals surface area contributed by atoms with Crippen molar-refractivity contribution in [2.45, 2.75) is 39.0 Å². The summed E-state index contributed by atoms with van der Waals surface area (Å²) >= 11 is 1.49. The van der Waals surface area contributed by atoms with Crippen molar-refractivity contribution >= 4 is 34.5 Å². The number of carbonyl (C=O) groups excluding carboxylic acids is 1. The maximum absolute atomic E-state index is 12.7. The molecule has 4 heterocycles. The molecule has 1 atom stereocenters. The second kappa shape index (κ2) is 8.70. The minimum absolute atomic E-state index is 0.453. The maximum Gasteiger partial charge on any atom is 0.418 e. The molecular formula is C26H26N4O3S. The molecule has 1 N–H and O–H groups in total. The molecule has 1 aliphatic heterocycles. The molecule has 34 heavy (non-hydrogen) atoms. The van der Waals surface area contributed by atoms with Gasteiger partial charge in [0.2, 0.25) is 0 Å². The van der Waals surface area contributed by atoms with E-state index in [0.29, 0.717) is 18.7 Å². The molecule has 0 radical (unpaired) electrons. The number of hydrogen-bond acceptors (Lipinski definition) is 7. The van der Waals surface area contributed by atoms with Crippen molar-refractivity contribution in [2.75, 3.05) is 6.54 Å². The van der Waals surface area contributed by atoms with Crippen molar-refractivity contribution in [3.63, 3.8) is 0 Å². The van der Waals surface area contributed by atoms with E-state index < -0.39 is 17.9 Å². The van der Waals surface area contributed by atoms with Gasteiger partial charge in [-0.2, -0.15) is 5.10 Å². The van der Waals surface area contributed by atoms with Gasteiger partial charge in [0.15, 0.2) is 6.23 Å². The van der Waals surface area contributed by atoms with Crippen LogP contribution in [0.25, 0.3) is 22.2 Å². The number of aromatic nitrogens is 2. The van der Waals surface area contributed by atoms with E-state index in [1.165, 1.54) is 15.9 Å². The van der Waals surface area contributed by atoms with Gasteiger partial charge in [0.25, 0.3) is 0 Å². The molecule has 4 aromatic rings. The third-order valence-corrected chi connectivity index (χ3v) is 6.52. The highest BCUT2D eigenvalue weighted by atomic mass is 32.1. The lowest BCUT2D eigenvalue weighted by Gasteiger charge is -2.29. The van der Waals surface area contributed by atoms with Crippen LogP contribution in [-0.4, -0.2) is 44.1 Å². The number of rotatable bonds is 4. The van der Waals surface area contributed by atoms with Crippen LogP contribution in [0.15, 0.2) is 65.2 Å². The number of aliphatic hydroxyl groups is 1. The minimum Gasteiger partial charge on any atom is -0.443 e. The van der Waals surface area contributed by atoms with Crippen LogP contribution in [-0.2, 0) is 11.2 Å². The van der Waals surface area contributed by atoms with Gasteiger partial charge in [0.05, 0.1) is 22.3 Å². The van der Waals surface area contributed by atoms with Crippen molar-refractivity contribution in [1.29, 1.82) is 0 Å². The first-order valence-electron chi connectivity index (χ1n) is 11.2. The van der Waals surface area contributed by atoms with E-state index in [-0.39, 0.29) is 0 Å². The molecule has 0 aliphatic carbocycles. The lowest BCUT2D eigenvalue weighted by Crippen LogP contribution is -2.30. The van der Waals surface area contributed by atoms with Gasteiger partial charge in [0.1, 0.15) is 5.60 Å². The predicted molar refractivity (Wildman–Crippen MR) is 134 cm³/mol. The number of pyridine rings is 1. The molecule has 0 saturated carbocycles. The Morgan fingerprint density at radius 2 is 1.97 bits per heavy atom. The first kappa shape index (κ1) is 22.3. The Morgan fingerprint density at radius 3 is 2.79 bits per heavy atom. The summed E-state index contributed by atoms with van der Waals surface area (Å²) in [6, 6.07) is 15.7. The van der Waals surface area contributed by atoms with Crippen LogP contribution < -0.4 is 0 Å². The normalized spacial score (nSPS) is 15.5. The molecule has 174 valence electrons. The Hall–Kier alpha value is -3.49. The van der Waals surface area contributed by atoms with Gasteiger partial charge in [-0.25, -0.2) is 4.79 Å². The van der Waals surface area contributed by atoms with Crippen LogP contribution in [0.3, 0.4) is 0 Å². The molecule has 3 aromatic heterocycles. The van der Waals surface area contributed by atoms with Gasteiger partial charge < -0.3 is 9.84 Å². The number of hydrazone groups is 1. The highest BCUT2D eigenvalue weighted by Crippen LogP contribution is 2.39. The summed E-state index contributed by atoms with van der Waals surface area (Å²) in [5, 5.41) is 20.4. The van der Waals surface area contributed by atoms with Crippen molar-refractivity contribution < 1.29 is 14.6 Å². The number of nitrogens with zero attached hydrogens (tertiary/aromatic N) is 4. The summed E-state index contributed by atoms with van der Waals surface area (Å²) in [5.41, 5.74) is 3.51. The molecular weight excluding hydrogens is 448 g/mol. The summed E-state index contributed by atoms with van der Waals surface area (Å²) in [6.45, 7) is 6.01. The van der Waals surface area contributed by atoms with Crippen molar-refractivity contribution in [1.82, 2.24) is 14.6 Å². The number of carbonyl (C=O) groups is 1. The Morgan fingerprint density at radius 1 is 1.15 bits per heavy atom. The van der Waals surface area contributed by atoms with Gasteiger partial charge in [-0.1, -0.05) is 24.3 Å². The Balaban J connectivity index is 1.37. The lowest BCUT2D eigenvalue weighted by molar-refractivity contribution is 0.00247. The highest BCUT2D eigenvalue weighted by molar-refractivity contribution is 7.12. The number of thiophene rings is 1. The molecule has 1 unspecified atom stereocenters. The SMILES string of the molecule is CC(C)(C)OC(=O)n1cccc1-c1csc2c1C(O)N(CCc1ccc3ccccc3n1)N=C2. The van der Waals surface area contributed by atoms with Crippen LogP contribution in [0.2, 0.25) is 0 Å². The predicted octanol–water partition coefficient (Wildman–Crippen LogP) is 5.43. The van der Waals surface area contributed by atoms with Crippen LogP contribution in [0.4, 0.5) is 4.79 Å². The number of aliphatic hydroxyl groups excluding tert-OH is 1. The molecule has 8 heteroatoms. The lowest BCUT2D eigenvalue weighted by atomic mass is 10.1. The van der Waals surface area contributed by atoms with Crippen molar-refractivity contribution in [3.05, 3.63) is 76.2 Å². The summed E-state index contributed by atoms with van der Waals surface area (Å²) in [6.07, 6.45) is 2.71. The van der Waals surface area contributed by atoms with E-state index in [1.807, 2.05) is 62.5 Å². The molecule has 5 rings (SSSR count). The third-order valence-electron chi connectivity index (χ3n) is 5.59. The molecule has 0 saturated heterocycles. The highest BCUT2D eigenvalue weighted by Gasteiger charge is 2.30. The first-order chi connectivity index (χ1) is 16.3. The minimum atomic E-state index is -0.927. The zero-order chi connectivity index (χ0) is 23.9. The average Bonchev–Trinajstić information content (AvgIpc) is 3.45. The van der Waals surface area contributed by atoms with Crippen LogP contribution in [0.5, 0.6) is 0 Å². The Labute approximate surface area is 201 Å². The van der Waals surface area contributed by atoms with E-state index in [9.17, 15) is 9.90 Å². The molecule has 0 spiro atoms. The second-order valence-electron chi connectivity index (χ2n) is 9.20. The topological polar surface area (TPSA) is 80.0 Å². The van der Waals surface area contributed by atoms with Gasteiger partial charge in [0, 0.05) is 46.7 Å². The Bertz CT molecular complexity index is 1380. The molecule has 0 fully saturated rings. The molecule has 0 bridgehead atoms. The van der Waals surface area contributed by atoms with Gasteiger partial charge in [-0.15, -0.1) is 11.3 Å². The molecule has 1 aromatic carbocycles. The summed E-state index contributed by atoms with van der Waals surface area (Å²) in [5.74, 6) is 0. The number of hydrogen-bond donors (Lipinski definition) is 1. The zero-order valence-electron chi connectivity index (χ0n) is 19.3. The maximum atomic E-state index is 12.7. The van der Waals surface area contributed by atoms with Crippen molar-refractivity contribution in [2.24, 2.45) is 5.10 Å². The number of para-hydroxylation sites is 1. The average molecular weight is 475 g/mol. The largest absolute Gasteiger partial charge is 0.443 e. The number of ether oxygens (including phenoxy) is 1. The van der Waals surface area contributed by atoms with Crippen LogP contribution in [0.1, 0.15) is 43.1 Å². The first-order valence-corrected chi connectivity index (χ1v) is 12.0. The van der Waals surface area contributed by atoms with Gasteiger partial charge >= 0.3 is 6.09 Å². The fourth-order valence-electron chi connectivity index (χ4n) is 4.01. The van der Waals surface area contributed by atoms with Gasteiger partial charge in [-0.3, -0.25) is 14.6 Å². The van der Waals surface area contributed by atoms with E-state index in [4.69, 9.17) is 9.72 Å².